The van der Waals surface area contributed by atoms with Gasteiger partial charge in [0.15, 0.2) is 5.60 Å². The molecule has 0 unspecified atom stereocenters. The van der Waals surface area contributed by atoms with Crippen molar-refractivity contribution in [1.29, 1.82) is 0 Å². The minimum atomic E-state index is -0.634. The van der Waals surface area contributed by atoms with Crippen molar-refractivity contribution in [3.63, 3.8) is 0 Å². The molecule has 0 aromatic heterocycles. The van der Waals surface area contributed by atoms with Crippen molar-refractivity contribution >= 4 is 17.0 Å². The maximum Gasteiger partial charge on any atom is 0.178 e. The second kappa shape index (κ2) is 6.18. The molecule has 3 aromatic rings. The van der Waals surface area contributed by atoms with Gasteiger partial charge in [0, 0.05) is 34.3 Å². The van der Waals surface area contributed by atoms with Gasteiger partial charge >= 0.3 is 0 Å². The second-order valence-corrected chi connectivity index (χ2v) is 7.54. The van der Waals surface area contributed by atoms with Crippen LogP contribution in [-0.2, 0) is 10.3 Å². The maximum atomic E-state index is 6.83. The van der Waals surface area contributed by atoms with Crippen LogP contribution in [0.2, 0.25) is 0 Å². The Morgan fingerprint density at radius 1 is 0.759 bits per heavy atom. The normalized spacial score (nSPS) is 18.2. The zero-order valence-electron chi connectivity index (χ0n) is 15.9. The summed E-state index contributed by atoms with van der Waals surface area (Å²) in [5, 5.41) is 0. The molecule has 2 heterocycles. The van der Waals surface area contributed by atoms with E-state index in [0.717, 1.165) is 40.3 Å². The molecule has 0 saturated carbocycles. The number of hydrogen-bond acceptors (Lipinski definition) is 2. The summed E-state index contributed by atoms with van der Waals surface area (Å²) in [6, 6.07) is 29.3. The molecule has 0 amide bonds. The summed E-state index contributed by atoms with van der Waals surface area (Å²) in [6.45, 7) is 0. The molecule has 2 heteroatoms. The molecule has 1 aliphatic carbocycles. The van der Waals surface area contributed by atoms with Gasteiger partial charge in [-0.05, 0) is 24.3 Å². The number of allylic oxidation sites excluding steroid dienone is 3. The topological polar surface area (TPSA) is 21.6 Å². The molecule has 138 valence electrons. The molecule has 0 atom stereocenters. The maximum absolute atomic E-state index is 6.83. The van der Waals surface area contributed by atoms with Crippen molar-refractivity contribution < 1.29 is 4.74 Å². The van der Waals surface area contributed by atoms with E-state index in [0.29, 0.717) is 0 Å². The van der Waals surface area contributed by atoms with Crippen LogP contribution < -0.4 is 0 Å². The monoisotopic (exact) mass is 373 g/mol. The van der Waals surface area contributed by atoms with Gasteiger partial charge in [0.2, 0.25) is 0 Å². The highest BCUT2D eigenvalue weighted by molar-refractivity contribution is 6.31. The molecule has 2 aliphatic heterocycles. The Hall–Kier alpha value is -3.65. The van der Waals surface area contributed by atoms with E-state index in [9.17, 15) is 0 Å². The molecule has 29 heavy (non-hydrogen) atoms. The van der Waals surface area contributed by atoms with Gasteiger partial charge < -0.3 is 4.74 Å². The van der Waals surface area contributed by atoms with Gasteiger partial charge in [0.25, 0.3) is 0 Å². The van der Waals surface area contributed by atoms with Crippen LogP contribution in [0.25, 0.3) is 5.57 Å². The van der Waals surface area contributed by atoms with E-state index in [-0.39, 0.29) is 0 Å². The van der Waals surface area contributed by atoms with E-state index in [4.69, 9.17) is 9.73 Å². The number of aliphatic imine (C=N–C) groups is 1. The summed E-state index contributed by atoms with van der Waals surface area (Å²) in [5.41, 5.74) is 7.33. The van der Waals surface area contributed by atoms with Crippen molar-refractivity contribution in [2.24, 2.45) is 4.99 Å². The van der Waals surface area contributed by atoms with Crippen molar-refractivity contribution in [2.45, 2.75) is 12.0 Å². The summed E-state index contributed by atoms with van der Waals surface area (Å²) in [5.74, 6) is 0.936. The Balaban J connectivity index is 1.57. The van der Waals surface area contributed by atoms with E-state index in [1.807, 2.05) is 18.2 Å². The standard InChI is InChI=1S/C27H19NO/c1-3-9-19(10-4-1)27(20-11-5-2-6-12-20)18-17-22-25(29-27)16-15-24-26(22)21-13-7-8-14-23(21)28-24/h1-14,16-18H,15H2. The molecular weight excluding hydrogens is 354 g/mol. The average Bonchev–Trinajstić information content (AvgIpc) is 3.19. The van der Waals surface area contributed by atoms with Gasteiger partial charge in [-0.1, -0.05) is 78.9 Å². The Morgan fingerprint density at radius 3 is 2.14 bits per heavy atom. The first-order valence-corrected chi connectivity index (χ1v) is 9.97. The first kappa shape index (κ1) is 16.3. The molecule has 0 bridgehead atoms. The molecule has 3 aliphatic rings. The third kappa shape index (κ3) is 2.39. The fourth-order valence-corrected chi connectivity index (χ4v) is 4.53. The van der Waals surface area contributed by atoms with Gasteiger partial charge in [-0.3, -0.25) is 4.99 Å². The quantitative estimate of drug-likeness (QED) is 0.513. The third-order valence-corrected chi connectivity index (χ3v) is 5.89. The largest absolute Gasteiger partial charge is 0.473 e. The lowest BCUT2D eigenvalue weighted by molar-refractivity contribution is 0.0791. The number of hydrogen-bond donors (Lipinski definition) is 0. The summed E-state index contributed by atoms with van der Waals surface area (Å²) >= 11 is 0. The van der Waals surface area contributed by atoms with Crippen molar-refractivity contribution in [3.05, 3.63) is 131 Å². The molecule has 3 aromatic carbocycles. The van der Waals surface area contributed by atoms with Crippen LogP contribution in [0.1, 0.15) is 23.1 Å². The summed E-state index contributed by atoms with van der Waals surface area (Å²) in [6.07, 6.45) is 7.38. The number of ether oxygens (including phenoxy) is 1. The first-order valence-electron chi connectivity index (χ1n) is 9.97. The van der Waals surface area contributed by atoms with Crippen LogP contribution >= 0.6 is 0 Å². The van der Waals surface area contributed by atoms with Crippen LogP contribution in [-0.4, -0.2) is 5.71 Å². The summed E-state index contributed by atoms with van der Waals surface area (Å²) < 4.78 is 6.83. The minimum absolute atomic E-state index is 0.634. The predicted molar refractivity (Wildman–Crippen MR) is 117 cm³/mol. The first-order chi connectivity index (χ1) is 14.4. The van der Waals surface area contributed by atoms with Gasteiger partial charge in [0.1, 0.15) is 5.76 Å². The van der Waals surface area contributed by atoms with Crippen molar-refractivity contribution in [3.8, 4) is 0 Å². The average molecular weight is 373 g/mol. The van der Waals surface area contributed by atoms with Gasteiger partial charge in [-0.25, -0.2) is 0 Å². The van der Waals surface area contributed by atoms with E-state index in [1.54, 1.807) is 0 Å². The zero-order valence-corrected chi connectivity index (χ0v) is 15.9. The number of nitrogens with zero attached hydrogens (tertiary/aromatic N) is 1. The SMILES string of the molecule is C1=CC(c2ccccc2)(c2ccccc2)OC2=CCC3=Nc4ccccc4C3=C12. The zero-order chi connectivity index (χ0) is 19.3. The fourth-order valence-electron chi connectivity index (χ4n) is 4.53. The minimum Gasteiger partial charge on any atom is -0.473 e. The predicted octanol–water partition coefficient (Wildman–Crippen LogP) is 6.34. The fraction of sp³-hybridized carbons (Fsp3) is 0.0741. The van der Waals surface area contributed by atoms with Crippen LogP contribution in [0.5, 0.6) is 0 Å². The molecule has 6 rings (SSSR count). The van der Waals surface area contributed by atoms with Crippen LogP contribution in [0.15, 0.2) is 119 Å². The van der Waals surface area contributed by atoms with Crippen LogP contribution in [0.3, 0.4) is 0 Å². The smallest absolute Gasteiger partial charge is 0.178 e. The second-order valence-electron chi connectivity index (χ2n) is 7.54. The Morgan fingerprint density at radius 2 is 1.41 bits per heavy atom. The summed E-state index contributed by atoms with van der Waals surface area (Å²) in [7, 11) is 0. The van der Waals surface area contributed by atoms with Crippen molar-refractivity contribution in [1.82, 2.24) is 0 Å². The lowest BCUT2D eigenvalue weighted by Crippen LogP contribution is -2.32. The van der Waals surface area contributed by atoms with Crippen molar-refractivity contribution in [2.75, 3.05) is 0 Å². The number of para-hydroxylation sites is 1. The van der Waals surface area contributed by atoms with Gasteiger partial charge in [0.05, 0.1) is 11.4 Å². The van der Waals surface area contributed by atoms with E-state index in [2.05, 4.69) is 85.0 Å². The molecule has 0 spiro atoms. The lowest BCUT2D eigenvalue weighted by atomic mass is 9.81. The Bertz CT molecular complexity index is 1190. The lowest BCUT2D eigenvalue weighted by Gasteiger charge is -2.38. The number of rotatable bonds is 2. The highest BCUT2D eigenvalue weighted by Gasteiger charge is 2.40. The van der Waals surface area contributed by atoms with E-state index in [1.165, 1.54) is 11.1 Å². The number of benzene rings is 3. The van der Waals surface area contributed by atoms with Crippen LogP contribution in [0.4, 0.5) is 5.69 Å². The molecule has 0 radical (unpaired) electrons. The highest BCUT2D eigenvalue weighted by Crippen LogP contribution is 2.48. The molecule has 0 saturated heterocycles. The van der Waals surface area contributed by atoms with Gasteiger partial charge in [-0.2, -0.15) is 0 Å². The third-order valence-electron chi connectivity index (χ3n) is 5.89. The summed E-state index contributed by atoms with van der Waals surface area (Å²) in [4.78, 5) is 4.84. The molecule has 2 nitrogen and oxygen atoms in total. The number of fused-ring (bicyclic) bond motifs is 4. The van der Waals surface area contributed by atoms with E-state index >= 15 is 0 Å². The Labute approximate surface area is 170 Å². The van der Waals surface area contributed by atoms with Crippen LogP contribution in [0, 0.1) is 0 Å². The molecular formula is C27H19NO. The highest BCUT2D eigenvalue weighted by atomic mass is 16.5. The Kier molecular flexibility index (Phi) is 3.48. The van der Waals surface area contributed by atoms with Gasteiger partial charge in [-0.15, -0.1) is 0 Å². The van der Waals surface area contributed by atoms with E-state index < -0.39 is 5.60 Å². The molecule has 0 fully saturated rings. The molecule has 0 N–H and O–H groups in total.